The Hall–Kier alpha value is -1.96. The van der Waals surface area contributed by atoms with E-state index in [2.05, 4.69) is 4.98 Å². The number of rotatable bonds is 5. The summed E-state index contributed by atoms with van der Waals surface area (Å²) >= 11 is 1.51. The first-order chi connectivity index (χ1) is 11.1. The topological polar surface area (TPSA) is 77.9 Å². The molecule has 3 rings (SSSR count). The molecule has 0 unspecified atom stereocenters. The average Bonchev–Trinajstić information content (AvgIpc) is 3.00. The number of carboxylic acid groups (broad SMARTS) is 1. The molecule has 0 amide bonds. The number of benzene rings is 1. The van der Waals surface area contributed by atoms with Crippen LogP contribution in [0.5, 0.6) is 5.75 Å². The second-order valence-electron chi connectivity index (χ2n) is 5.21. The van der Waals surface area contributed by atoms with Crippen LogP contribution in [0.3, 0.4) is 0 Å². The number of ether oxygens (including phenoxy) is 3. The number of carbonyl (C=O) groups is 1. The number of hydrogen-bond acceptors (Lipinski definition) is 6. The van der Waals surface area contributed by atoms with Gasteiger partial charge >= 0.3 is 5.97 Å². The minimum Gasteiger partial charge on any atom is -0.491 e. The summed E-state index contributed by atoms with van der Waals surface area (Å²) in [7, 11) is 0. The Labute approximate surface area is 137 Å². The minimum atomic E-state index is -0.998. The van der Waals surface area contributed by atoms with Gasteiger partial charge < -0.3 is 19.3 Å². The van der Waals surface area contributed by atoms with Crippen molar-refractivity contribution in [3.8, 4) is 16.3 Å². The predicted molar refractivity (Wildman–Crippen MR) is 85.3 cm³/mol. The van der Waals surface area contributed by atoms with Crippen molar-refractivity contribution in [3.05, 3.63) is 34.8 Å². The Kier molecular flexibility index (Phi) is 4.90. The van der Waals surface area contributed by atoms with Crippen LogP contribution >= 0.6 is 11.3 Å². The van der Waals surface area contributed by atoms with Gasteiger partial charge in [-0.25, -0.2) is 9.78 Å². The highest BCUT2D eigenvalue weighted by atomic mass is 32.1. The molecule has 1 N–H and O–H groups in total. The van der Waals surface area contributed by atoms with E-state index in [1.807, 2.05) is 6.92 Å². The van der Waals surface area contributed by atoms with Crippen molar-refractivity contribution in [3.63, 3.8) is 0 Å². The Morgan fingerprint density at radius 1 is 1.43 bits per heavy atom. The van der Waals surface area contributed by atoms with Crippen LogP contribution in [0.1, 0.15) is 15.2 Å². The molecule has 1 aliphatic heterocycles. The molecule has 0 bridgehead atoms. The second-order valence-corrected chi connectivity index (χ2v) is 6.44. The van der Waals surface area contributed by atoms with Gasteiger partial charge in [0.1, 0.15) is 23.5 Å². The van der Waals surface area contributed by atoms with Gasteiger partial charge in [-0.2, -0.15) is 0 Å². The molecular weight excluding hydrogens is 318 g/mol. The van der Waals surface area contributed by atoms with Crippen LogP contribution in [0.4, 0.5) is 0 Å². The molecule has 2 heterocycles. The van der Waals surface area contributed by atoms with E-state index in [9.17, 15) is 9.90 Å². The normalized spacial score (nSPS) is 17.9. The molecule has 6 nitrogen and oxygen atoms in total. The molecule has 0 spiro atoms. The number of aromatic nitrogens is 1. The van der Waals surface area contributed by atoms with Crippen molar-refractivity contribution in [2.75, 3.05) is 26.4 Å². The van der Waals surface area contributed by atoms with Gasteiger partial charge in [0.25, 0.3) is 0 Å². The van der Waals surface area contributed by atoms with E-state index in [0.29, 0.717) is 32.2 Å². The summed E-state index contributed by atoms with van der Waals surface area (Å²) in [5.74, 6) is -0.510. The first-order valence-electron chi connectivity index (χ1n) is 7.25. The molecule has 0 saturated carbocycles. The third kappa shape index (κ3) is 4.07. The van der Waals surface area contributed by atoms with Gasteiger partial charge in [-0.15, -0.1) is 11.3 Å². The molecule has 1 aliphatic rings. The summed E-state index contributed by atoms with van der Waals surface area (Å²) in [4.78, 5) is 16.7. The summed E-state index contributed by atoms with van der Waals surface area (Å²) in [6.07, 6.45) is 1.63. The van der Waals surface area contributed by atoms with Crippen molar-refractivity contribution in [1.82, 2.24) is 4.98 Å². The summed E-state index contributed by atoms with van der Waals surface area (Å²) < 4.78 is 16.6. The fraction of sp³-hybridized carbons (Fsp3) is 0.375. The van der Waals surface area contributed by atoms with E-state index < -0.39 is 5.97 Å². The standard InChI is InChI=1S/C16H17NO5S/c1-10-7-17-15(23-10)11-4-12(16(18)19)6-13(5-11)22-9-14-8-20-2-3-21-14/h4-7,14H,2-3,8-9H2,1H3,(H,18,19)/t14-/m1/s1. The fourth-order valence-electron chi connectivity index (χ4n) is 2.24. The smallest absolute Gasteiger partial charge is 0.335 e. The third-order valence-corrected chi connectivity index (χ3v) is 4.30. The van der Waals surface area contributed by atoms with Crippen LogP contribution < -0.4 is 4.74 Å². The zero-order valence-corrected chi connectivity index (χ0v) is 13.5. The number of aryl methyl sites for hydroxylation is 1. The largest absolute Gasteiger partial charge is 0.491 e. The summed E-state index contributed by atoms with van der Waals surface area (Å²) in [5.41, 5.74) is 0.907. The lowest BCUT2D eigenvalue weighted by Crippen LogP contribution is -2.33. The maximum absolute atomic E-state index is 11.3. The van der Waals surface area contributed by atoms with Crippen LogP contribution in [0.2, 0.25) is 0 Å². The van der Waals surface area contributed by atoms with Gasteiger partial charge in [0.15, 0.2) is 0 Å². The van der Waals surface area contributed by atoms with E-state index in [-0.39, 0.29) is 11.7 Å². The van der Waals surface area contributed by atoms with Crippen molar-refractivity contribution in [2.24, 2.45) is 0 Å². The highest BCUT2D eigenvalue weighted by Crippen LogP contribution is 2.29. The molecule has 0 radical (unpaired) electrons. The van der Waals surface area contributed by atoms with Crippen molar-refractivity contribution >= 4 is 17.3 Å². The fourth-order valence-corrected chi connectivity index (χ4v) is 2.99. The van der Waals surface area contributed by atoms with Gasteiger partial charge in [0.05, 0.1) is 25.4 Å². The van der Waals surface area contributed by atoms with Gasteiger partial charge in [-0.1, -0.05) is 0 Å². The van der Waals surface area contributed by atoms with Gasteiger partial charge in [0, 0.05) is 16.6 Å². The Balaban J connectivity index is 1.80. The molecule has 1 fully saturated rings. The lowest BCUT2D eigenvalue weighted by Gasteiger charge is -2.23. The van der Waals surface area contributed by atoms with Crippen molar-refractivity contribution in [1.29, 1.82) is 0 Å². The van der Waals surface area contributed by atoms with Crippen LogP contribution in [0.15, 0.2) is 24.4 Å². The Morgan fingerprint density at radius 2 is 2.30 bits per heavy atom. The molecule has 1 atom stereocenters. The minimum absolute atomic E-state index is 0.136. The zero-order chi connectivity index (χ0) is 16.2. The Morgan fingerprint density at radius 3 is 2.96 bits per heavy atom. The number of hydrogen-bond donors (Lipinski definition) is 1. The van der Waals surface area contributed by atoms with Crippen LogP contribution in [0, 0.1) is 6.92 Å². The molecule has 7 heteroatoms. The van der Waals surface area contributed by atoms with E-state index in [1.165, 1.54) is 17.4 Å². The van der Waals surface area contributed by atoms with E-state index in [4.69, 9.17) is 14.2 Å². The summed E-state index contributed by atoms with van der Waals surface area (Å²) in [6.45, 7) is 3.90. The SMILES string of the molecule is Cc1cnc(-c2cc(OC[C@H]3COCCO3)cc(C(=O)O)c2)s1. The quantitative estimate of drug-likeness (QED) is 0.905. The predicted octanol–water partition coefficient (Wildman–Crippen LogP) is 2.61. The third-order valence-electron chi connectivity index (χ3n) is 3.34. The summed E-state index contributed by atoms with van der Waals surface area (Å²) in [6, 6.07) is 4.91. The molecular formula is C16H17NO5S. The first-order valence-corrected chi connectivity index (χ1v) is 8.07. The monoisotopic (exact) mass is 335 g/mol. The van der Waals surface area contributed by atoms with Crippen LogP contribution in [0.25, 0.3) is 10.6 Å². The van der Waals surface area contributed by atoms with Crippen molar-refractivity contribution in [2.45, 2.75) is 13.0 Å². The number of nitrogens with zero attached hydrogens (tertiary/aromatic N) is 1. The van der Waals surface area contributed by atoms with E-state index in [0.717, 1.165) is 15.4 Å². The van der Waals surface area contributed by atoms with E-state index >= 15 is 0 Å². The van der Waals surface area contributed by atoms with Gasteiger partial charge in [-0.05, 0) is 25.1 Å². The number of carboxylic acids is 1. The van der Waals surface area contributed by atoms with Gasteiger partial charge in [-0.3, -0.25) is 0 Å². The maximum atomic E-state index is 11.3. The second kappa shape index (κ2) is 7.08. The maximum Gasteiger partial charge on any atom is 0.335 e. The lowest BCUT2D eigenvalue weighted by atomic mass is 10.1. The molecule has 23 heavy (non-hydrogen) atoms. The van der Waals surface area contributed by atoms with Crippen molar-refractivity contribution < 1.29 is 24.1 Å². The molecule has 1 saturated heterocycles. The number of aromatic carboxylic acids is 1. The highest BCUT2D eigenvalue weighted by Gasteiger charge is 2.16. The number of thiazole rings is 1. The highest BCUT2D eigenvalue weighted by molar-refractivity contribution is 7.14. The van der Waals surface area contributed by atoms with Crippen LogP contribution in [-0.4, -0.2) is 48.6 Å². The molecule has 2 aromatic rings. The van der Waals surface area contributed by atoms with E-state index in [1.54, 1.807) is 18.3 Å². The van der Waals surface area contributed by atoms with Gasteiger partial charge in [0.2, 0.25) is 0 Å². The molecule has 0 aliphatic carbocycles. The molecule has 1 aromatic heterocycles. The zero-order valence-electron chi connectivity index (χ0n) is 12.7. The molecule has 1 aromatic carbocycles. The molecule has 122 valence electrons. The summed E-state index contributed by atoms with van der Waals surface area (Å²) in [5, 5.41) is 10.1. The van der Waals surface area contributed by atoms with Crippen LogP contribution in [-0.2, 0) is 9.47 Å². The lowest BCUT2D eigenvalue weighted by molar-refractivity contribution is -0.101. The average molecular weight is 335 g/mol. The Bertz CT molecular complexity index is 694. The first kappa shape index (κ1) is 15.9.